The van der Waals surface area contributed by atoms with E-state index in [9.17, 15) is 0 Å². The van der Waals surface area contributed by atoms with E-state index in [0.29, 0.717) is 13.2 Å². The van der Waals surface area contributed by atoms with E-state index >= 15 is 0 Å². The van der Waals surface area contributed by atoms with Crippen LogP contribution in [0.4, 0.5) is 0 Å². The Morgan fingerprint density at radius 3 is 2.33 bits per heavy atom. The van der Waals surface area contributed by atoms with Crippen LogP contribution in [0.15, 0.2) is 0 Å². The second-order valence-electron chi connectivity index (χ2n) is 4.48. The first-order valence-electron chi connectivity index (χ1n) is 4.41. The number of rotatable bonds is 1. The third kappa shape index (κ3) is 1.63. The SMILES string of the molecule is CC(C)(C)C1(C)OCC(CN)O1. The third-order valence-electron chi connectivity index (χ3n) is 2.56. The Morgan fingerprint density at radius 1 is 1.50 bits per heavy atom. The van der Waals surface area contributed by atoms with Gasteiger partial charge in [-0.25, -0.2) is 0 Å². The van der Waals surface area contributed by atoms with Crippen molar-refractivity contribution in [3.63, 3.8) is 0 Å². The van der Waals surface area contributed by atoms with Crippen LogP contribution in [-0.4, -0.2) is 25.0 Å². The quantitative estimate of drug-likeness (QED) is 0.646. The fraction of sp³-hybridized carbons (Fsp3) is 1.00. The van der Waals surface area contributed by atoms with Gasteiger partial charge in [0.05, 0.1) is 12.7 Å². The van der Waals surface area contributed by atoms with Gasteiger partial charge in [-0.05, 0) is 6.92 Å². The first-order chi connectivity index (χ1) is 5.39. The van der Waals surface area contributed by atoms with Crippen LogP contribution in [0.1, 0.15) is 27.7 Å². The summed E-state index contributed by atoms with van der Waals surface area (Å²) in [6.45, 7) is 9.43. The van der Waals surface area contributed by atoms with E-state index in [1.165, 1.54) is 0 Å². The van der Waals surface area contributed by atoms with E-state index in [1.54, 1.807) is 0 Å². The van der Waals surface area contributed by atoms with Crippen molar-refractivity contribution in [1.29, 1.82) is 0 Å². The smallest absolute Gasteiger partial charge is 0.170 e. The molecule has 3 heteroatoms. The summed E-state index contributed by atoms with van der Waals surface area (Å²) in [7, 11) is 0. The summed E-state index contributed by atoms with van der Waals surface area (Å²) in [5.74, 6) is -0.475. The van der Waals surface area contributed by atoms with Gasteiger partial charge in [-0.3, -0.25) is 0 Å². The van der Waals surface area contributed by atoms with Crippen molar-refractivity contribution >= 4 is 0 Å². The van der Waals surface area contributed by atoms with Crippen molar-refractivity contribution < 1.29 is 9.47 Å². The van der Waals surface area contributed by atoms with Gasteiger partial charge in [0.1, 0.15) is 0 Å². The molecule has 12 heavy (non-hydrogen) atoms. The molecule has 0 amide bonds. The van der Waals surface area contributed by atoms with Gasteiger partial charge in [0, 0.05) is 12.0 Å². The van der Waals surface area contributed by atoms with E-state index in [0.717, 1.165) is 0 Å². The lowest BCUT2D eigenvalue weighted by Crippen LogP contribution is -2.41. The predicted octanol–water partition coefficient (Wildman–Crippen LogP) is 1.12. The molecule has 0 saturated carbocycles. The fourth-order valence-corrected chi connectivity index (χ4v) is 1.15. The number of ether oxygens (including phenoxy) is 2. The van der Waals surface area contributed by atoms with Crippen molar-refractivity contribution in [1.82, 2.24) is 0 Å². The van der Waals surface area contributed by atoms with Gasteiger partial charge in [0.25, 0.3) is 0 Å². The molecule has 0 aromatic rings. The fourth-order valence-electron chi connectivity index (χ4n) is 1.15. The summed E-state index contributed by atoms with van der Waals surface area (Å²) in [4.78, 5) is 0. The highest BCUT2D eigenvalue weighted by molar-refractivity contribution is 4.85. The van der Waals surface area contributed by atoms with E-state index < -0.39 is 5.79 Å². The van der Waals surface area contributed by atoms with Gasteiger partial charge in [-0.2, -0.15) is 0 Å². The number of hydrogen-bond donors (Lipinski definition) is 1. The van der Waals surface area contributed by atoms with Crippen molar-refractivity contribution in [3.05, 3.63) is 0 Å². The lowest BCUT2D eigenvalue weighted by Gasteiger charge is -2.36. The zero-order chi connectivity index (χ0) is 9.41. The molecule has 1 saturated heterocycles. The first-order valence-corrected chi connectivity index (χ1v) is 4.41. The summed E-state index contributed by atoms with van der Waals surface area (Å²) in [6, 6.07) is 0. The molecule has 1 fully saturated rings. The molecule has 0 bridgehead atoms. The average molecular weight is 173 g/mol. The molecule has 0 spiro atoms. The van der Waals surface area contributed by atoms with E-state index in [2.05, 4.69) is 20.8 Å². The van der Waals surface area contributed by atoms with Crippen LogP contribution >= 0.6 is 0 Å². The molecule has 2 atom stereocenters. The molecule has 0 radical (unpaired) electrons. The largest absolute Gasteiger partial charge is 0.347 e. The van der Waals surface area contributed by atoms with Crippen molar-refractivity contribution in [3.8, 4) is 0 Å². The standard InChI is InChI=1S/C9H19NO2/c1-8(2,3)9(4)11-6-7(5-10)12-9/h7H,5-6,10H2,1-4H3. The molecular formula is C9H19NO2. The monoisotopic (exact) mass is 173 g/mol. The highest BCUT2D eigenvalue weighted by Crippen LogP contribution is 2.39. The number of nitrogens with two attached hydrogens (primary N) is 1. The van der Waals surface area contributed by atoms with E-state index in [4.69, 9.17) is 15.2 Å². The minimum Gasteiger partial charge on any atom is -0.347 e. The van der Waals surface area contributed by atoms with Crippen molar-refractivity contribution in [2.45, 2.75) is 39.6 Å². The Kier molecular flexibility index (Phi) is 2.47. The molecule has 0 aliphatic carbocycles. The summed E-state index contributed by atoms with van der Waals surface area (Å²) in [6.07, 6.45) is 0.0641. The van der Waals surface area contributed by atoms with E-state index in [1.807, 2.05) is 6.92 Å². The van der Waals surface area contributed by atoms with Gasteiger partial charge < -0.3 is 15.2 Å². The minimum atomic E-state index is -0.475. The van der Waals surface area contributed by atoms with Crippen LogP contribution in [0.25, 0.3) is 0 Å². The van der Waals surface area contributed by atoms with Crippen LogP contribution in [0.5, 0.6) is 0 Å². The Labute approximate surface area is 74.2 Å². The highest BCUT2D eigenvalue weighted by atomic mass is 16.7. The second kappa shape index (κ2) is 2.98. The van der Waals surface area contributed by atoms with Gasteiger partial charge in [0.2, 0.25) is 0 Å². The zero-order valence-corrected chi connectivity index (χ0v) is 8.39. The Balaban J connectivity index is 2.64. The molecule has 3 nitrogen and oxygen atoms in total. The van der Waals surface area contributed by atoms with Gasteiger partial charge >= 0.3 is 0 Å². The Hall–Kier alpha value is -0.120. The maximum Gasteiger partial charge on any atom is 0.170 e. The van der Waals surface area contributed by atoms with Crippen molar-refractivity contribution in [2.75, 3.05) is 13.2 Å². The molecule has 1 heterocycles. The minimum absolute atomic E-state index is 0.00306. The summed E-state index contributed by atoms with van der Waals surface area (Å²) in [5, 5.41) is 0. The van der Waals surface area contributed by atoms with Gasteiger partial charge in [-0.1, -0.05) is 20.8 Å². The van der Waals surface area contributed by atoms with E-state index in [-0.39, 0.29) is 11.5 Å². The topological polar surface area (TPSA) is 44.5 Å². The van der Waals surface area contributed by atoms with Crippen LogP contribution in [0.3, 0.4) is 0 Å². The lowest BCUT2D eigenvalue weighted by atomic mass is 9.87. The Bertz CT molecular complexity index is 164. The maximum absolute atomic E-state index is 5.72. The van der Waals surface area contributed by atoms with Crippen LogP contribution in [0, 0.1) is 5.41 Å². The highest BCUT2D eigenvalue weighted by Gasteiger charge is 2.46. The summed E-state index contributed by atoms with van der Waals surface area (Å²) in [5.41, 5.74) is 5.49. The molecule has 2 unspecified atom stereocenters. The predicted molar refractivity (Wildman–Crippen MR) is 47.7 cm³/mol. The van der Waals surface area contributed by atoms with Gasteiger partial charge in [-0.15, -0.1) is 0 Å². The third-order valence-corrected chi connectivity index (χ3v) is 2.56. The molecule has 0 aromatic heterocycles. The molecule has 1 aliphatic heterocycles. The normalized spacial score (nSPS) is 37.2. The molecule has 72 valence electrons. The molecule has 2 N–H and O–H groups in total. The molecule has 1 aliphatic rings. The average Bonchev–Trinajstić information content (AvgIpc) is 2.31. The zero-order valence-electron chi connectivity index (χ0n) is 8.39. The lowest BCUT2D eigenvalue weighted by molar-refractivity contribution is -0.216. The van der Waals surface area contributed by atoms with Gasteiger partial charge in [0.15, 0.2) is 5.79 Å². The Morgan fingerprint density at radius 2 is 2.08 bits per heavy atom. The van der Waals surface area contributed by atoms with Crippen LogP contribution in [0.2, 0.25) is 0 Å². The second-order valence-corrected chi connectivity index (χ2v) is 4.48. The van der Waals surface area contributed by atoms with Crippen molar-refractivity contribution in [2.24, 2.45) is 11.1 Å². The summed E-state index contributed by atoms with van der Waals surface area (Å²) >= 11 is 0. The molecule has 1 rings (SSSR count). The summed E-state index contributed by atoms with van der Waals surface area (Å²) < 4.78 is 11.3. The molecular weight excluding hydrogens is 154 g/mol. The maximum atomic E-state index is 5.72. The molecule has 0 aromatic carbocycles. The van der Waals surface area contributed by atoms with Crippen LogP contribution in [-0.2, 0) is 9.47 Å². The first kappa shape index (κ1) is 9.96. The number of hydrogen-bond acceptors (Lipinski definition) is 3. The van der Waals surface area contributed by atoms with Crippen LogP contribution < -0.4 is 5.73 Å².